The average Bonchev–Trinajstić information content (AvgIpc) is 2.75. The van der Waals surface area contributed by atoms with Crippen molar-refractivity contribution in [1.29, 1.82) is 0 Å². The van der Waals surface area contributed by atoms with Crippen molar-refractivity contribution in [3.05, 3.63) is 35.1 Å². The van der Waals surface area contributed by atoms with Gasteiger partial charge in [0.2, 0.25) is 0 Å². The average molecular weight is 281 g/mol. The molecule has 0 aliphatic rings. The lowest BCUT2D eigenvalue weighted by Crippen LogP contribution is -2.17. The van der Waals surface area contributed by atoms with Crippen LogP contribution in [0.4, 0.5) is 0 Å². The molecule has 0 aliphatic heterocycles. The Morgan fingerprint density at radius 1 is 1.47 bits per heavy atom. The van der Waals surface area contributed by atoms with E-state index in [2.05, 4.69) is 29.2 Å². The molecule has 6 heteroatoms. The van der Waals surface area contributed by atoms with Gasteiger partial charge in [-0.3, -0.25) is 4.68 Å². The number of benzene rings is 1. The van der Waals surface area contributed by atoms with Gasteiger partial charge >= 0.3 is 6.01 Å². The maximum atomic E-state index is 6.27. The minimum atomic E-state index is 0.208. The lowest BCUT2D eigenvalue weighted by atomic mass is 10.1. The second-order valence-corrected chi connectivity index (χ2v) is 4.67. The first-order valence-corrected chi connectivity index (χ1v) is 6.54. The number of ether oxygens (including phenoxy) is 1. The molecule has 1 aromatic carbocycles. The Balaban J connectivity index is 2.14. The summed E-state index contributed by atoms with van der Waals surface area (Å²) >= 11 is 6.27. The number of nitrogens with one attached hydrogen (secondary N) is 1. The molecule has 1 N–H and O–H groups in total. The minimum absolute atomic E-state index is 0.208. The maximum Gasteiger partial charge on any atom is 0.340 e. The summed E-state index contributed by atoms with van der Waals surface area (Å²) < 4.78 is 7.11. The van der Waals surface area contributed by atoms with Gasteiger partial charge in [0, 0.05) is 18.1 Å². The summed E-state index contributed by atoms with van der Waals surface area (Å²) in [5.41, 5.74) is 1.05. The molecule has 5 nitrogen and oxygen atoms in total. The van der Waals surface area contributed by atoms with Gasteiger partial charge < -0.3 is 10.1 Å². The van der Waals surface area contributed by atoms with E-state index in [-0.39, 0.29) is 6.04 Å². The summed E-state index contributed by atoms with van der Waals surface area (Å²) in [6.07, 6.45) is 1.58. The van der Waals surface area contributed by atoms with Crippen LogP contribution < -0.4 is 10.1 Å². The SMILES string of the molecule is CCNC(C)c1ccc(Oc2ncn(C)n2)cc1Cl. The van der Waals surface area contributed by atoms with Gasteiger partial charge in [-0.1, -0.05) is 24.6 Å². The van der Waals surface area contributed by atoms with Crippen LogP contribution in [0.3, 0.4) is 0 Å². The molecule has 0 saturated heterocycles. The van der Waals surface area contributed by atoms with Crippen LogP contribution in [0.2, 0.25) is 5.02 Å². The van der Waals surface area contributed by atoms with Crippen LogP contribution in [0, 0.1) is 0 Å². The summed E-state index contributed by atoms with van der Waals surface area (Å²) in [6, 6.07) is 6.12. The van der Waals surface area contributed by atoms with E-state index in [4.69, 9.17) is 16.3 Å². The fraction of sp³-hybridized carbons (Fsp3) is 0.385. The fourth-order valence-corrected chi connectivity index (χ4v) is 2.14. The molecule has 1 heterocycles. The first-order chi connectivity index (χ1) is 9.10. The van der Waals surface area contributed by atoms with Crippen LogP contribution in [0.5, 0.6) is 11.8 Å². The van der Waals surface area contributed by atoms with E-state index >= 15 is 0 Å². The summed E-state index contributed by atoms with van der Waals surface area (Å²) in [5.74, 6) is 0.628. The highest BCUT2D eigenvalue weighted by Crippen LogP contribution is 2.28. The fourth-order valence-electron chi connectivity index (χ4n) is 1.81. The zero-order chi connectivity index (χ0) is 13.8. The molecule has 0 bridgehead atoms. The van der Waals surface area contributed by atoms with E-state index in [0.29, 0.717) is 16.8 Å². The third-order valence-corrected chi connectivity index (χ3v) is 3.06. The molecule has 1 unspecified atom stereocenters. The molecule has 0 radical (unpaired) electrons. The van der Waals surface area contributed by atoms with E-state index < -0.39 is 0 Å². The molecule has 2 aromatic rings. The van der Waals surface area contributed by atoms with Gasteiger partial charge in [-0.15, -0.1) is 5.10 Å². The van der Waals surface area contributed by atoms with Gasteiger partial charge in [-0.2, -0.15) is 4.98 Å². The quantitative estimate of drug-likeness (QED) is 0.915. The molecule has 102 valence electrons. The number of hydrogen-bond acceptors (Lipinski definition) is 4. The molecule has 19 heavy (non-hydrogen) atoms. The van der Waals surface area contributed by atoms with Crippen molar-refractivity contribution in [3.63, 3.8) is 0 Å². The van der Waals surface area contributed by atoms with E-state index in [1.54, 1.807) is 24.1 Å². The predicted molar refractivity (Wildman–Crippen MR) is 74.6 cm³/mol. The monoisotopic (exact) mass is 280 g/mol. The summed E-state index contributed by atoms with van der Waals surface area (Å²) in [7, 11) is 1.79. The summed E-state index contributed by atoms with van der Waals surface area (Å²) in [4.78, 5) is 4.00. The van der Waals surface area contributed by atoms with Gasteiger partial charge in [0.15, 0.2) is 0 Å². The lowest BCUT2D eigenvalue weighted by Gasteiger charge is -2.15. The van der Waals surface area contributed by atoms with Crippen LogP contribution >= 0.6 is 11.6 Å². The van der Waals surface area contributed by atoms with Crippen molar-refractivity contribution in [3.8, 4) is 11.8 Å². The Kier molecular flexibility index (Phi) is 4.39. The van der Waals surface area contributed by atoms with E-state index in [0.717, 1.165) is 12.1 Å². The van der Waals surface area contributed by atoms with E-state index in [1.165, 1.54) is 0 Å². The van der Waals surface area contributed by atoms with Gasteiger partial charge in [0.1, 0.15) is 12.1 Å². The molecule has 0 fully saturated rings. The van der Waals surface area contributed by atoms with Crippen molar-refractivity contribution in [2.45, 2.75) is 19.9 Å². The smallest absolute Gasteiger partial charge is 0.340 e. The molecule has 2 rings (SSSR count). The standard InChI is InChI=1S/C13H17ClN4O/c1-4-15-9(2)11-6-5-10(7-12(11)14)19-13-16-8-18(3)17-13/h5-9,15H,4H2,1-3H3. The maximum absolute atomic E-state index is 6.27. The Labute approximate surface area is 117 Å². The number of hydrogen-bond donors (Lipinski definition) is 1. The first kappa shape index (κ1) is 13.8. The van der Waals surface area contributed by atoms with Gasteiger partial charge in [0.25, 0.3) is 0 Å². The number of aromatic nitrogens is 3. The van der Waals surface area contributed by atoms with E-state index in [9.17, 15) is 0 Å². The zero-order valence-electron chi connectivity index (χ0n) is 11.2. The Bertz CT molecular complexity index is 555. The van der Waals surface area contributed by atoms with Crippen LogP contribution in [-0.2, 0) is 7.05 Å². The Hall–Kier alpha value is -1.59. The number of rotatable bonds is 5. The highest BCUT2D eigenvalue weighted by Gasteiger charge is 2.10. The molecule has 0 amide bonds. The van der Waals surface area contributed by atoms with Crippen LogP contribution in [0.25, 0.3) is 0 Å². The third kappa shape index (κ3) is 3.45. The second-order valence-electron chi connectivity index (χ2n) is 4.27. The van der Waals surface area contributed by atoms with Gasteiger partial charge in [-0.25, -0.2) is 0 Å². The largest absolute Gasteiger partial charge is 0.423 e. The van der Waals surface area contributed by atoms with Crippen molar-refractivity contribution in [1.82, 2.24) is 20.1 Å². The van der Waals surface area contributed by atoms with E-state index in [1.807, 2.05) is 12.1 Å². The molecule has 1 aromatic heterocycles. The molecule has 0 spiro atoms. The van der Waals surface area contributed by atoms with Gasteiger partial charge in [-0.05, 0) is 31.2 Å². The lowest BCUT2D eigenvalue weighted by molar-refractivity contribution is 0.438. The number of nitrogens with zero attached hydrogens (tertiary/aromatic N) is 3. The highest BCUT2D eigenvalue weighted by atomic mass is 35.5. The highest BCUT2D eigenvalue weighted by molar-refractivity contribution is 6.31. The molecule has 0 aliphatic carbocycles. The molecule has 0 saturated carbocycles. The second kappa shape index (κ2) is 6.04. The molecular formula is C13H17ClN4O. The first-order valence-electron chi connectivity index (χ1n) is 6.16. The van der Waals surface area contributed by atoms with Crippen LogP contribution in [-0.4, -0.2) is 21.3 Å². The van der Waals surface area contributed by atoms with Crippen molar-refractivity contribution in [2.75, 3.05) is 6.54 Å². The molecular weight excluding hydrogens is 264 g/mol. The van der Waals surface area contributed by atoms with Crippen molar-refractivity contribution in [2.24, 2.45) is 7.05 Å². The predicted octanol–water partition coefficient (Wildman–Crippen LogP) is 2.93. The number of aryl methyl sites for hydroxylation is 1. The number of halogens is 1. The van der Waals surface area contributed by atoms with Crippen LogP contribution in [0.1, 0.15) is 25.5 Å². The van der Waals surface area contributed by atoms with Gasteiger partial charge in [0.05, 0.1) is 0 Å². The summed E-state index contributed by atoms with van der Waals surface area (Å²) in [6.45, 7) is 5.04. The van der Waals surface area contributed by atoms with Crippen LogP contribution in [0.15, 0.2) is 24.5 Å². The summed E-state index contributed by atoms with van der Waals surface area (Å²) in [5, 5.41) is 8.04. The van der Waals surface area contributed by atoms with Crippen molar-refractivity contribution < 1.29 is 4.74 Å². The zero-order valence-corrected chi connectivity index (χ0v) is 12.0. The van der Waals surface area contributed by atoms with Crippen molar-refractivity contribution >= 4 is 11.6 Å². The minimum Gasteiger partial charge on any atom is -0.423 e. The topological polar surface area (TPSA) is 52.0 Å². The Morgan fingerprint density at radius 2 is 2.26 bits per heavy atom. The third-order valence-electron chi connectivity index (χ3n) is 2.74. The normalized spacial score (nSPS) is 12.4. The Morgan fingerprint density at radius 3 is 2.84 bits per heavy atom. The molecule has 1 atom stereocenters.